The highest BCUT2D eigenvalue weighted by atomic mass is 19.1. The zero-order valence-corrected chi connectivity index (χ0v) is 24.8. The van der Waals surface area contributed by atoms with Crippen molar-refractivity contribution >= 4 is 22.9 Å². The second-order valence-corrected chi connectivity index (χ2v) is 12.3. The maximum Gasteiger partial charge on any atom is 0.410 e. The van der Waals surface area contributed by atoms with Crippen LogP contribution in [0.3, 0.4) is 0 Å². The number of hydrogen-bond donors (Lipinski definition) is 1. The highest BCUT2D eigenvalue weighted by Crippen LogP contribution is 2.36. The normalized spacial score (nSPS) is 20.3. The van der Waals surface area contributed by atoms with Gasteiger partial charge in [-0.1, -0.05) is 18.2 Å². The number of nitrogens with zero attached hydrogens (tertiary/aromatic N) is 6. The first kappa shape index (κ1) is 28.9. The zero-order valence-electron chi connectivity index (χ0n) is 24.8. The number of alkyl halides is 1. The first-order valence-electron chi connectivity index (χ1n) is 14.8. The van der Waals surface area contributed by atoms with Gasteiger partial charge in [-0.25, -0.2) is 23.8 Å². The van der Waals surface area contributed by atoms with Crippen molar-refractivity contribution in [2.24, 2.45) is 0 Å². The Labute approximate surface area is 250 Å². The first-order valence-corrected chi connectivity index (χ1v) is 14.8. The molecule has 2 fully saturated rings. The standard InChI is InChI=1S/C32H38FN7O3/c1-32(2,3)43-31(41)38-16-13-22(14-17-38)39-18-15-26(25(33)19-39)40-30-27(29(34)35-20-36-30)28(37-40)21-9-11-24(12-10-21)42-23-7-5-4-6-8-23/h4-12,20,22,25-26H,13-19H2,1-3H3,(H2,34,35,36)/t25-,26+/m1/s1. The number of aromatic nitrogens is 4. The van der Waals surface area contributed by atoms with Crippen molar-refractivity contribution in [2.45, 2.75) is 63.9 Å². The summed E-state index contributed by atoms with van der Waals surface area (Å²) in [5.41, 5.74) is 7.75. The number of halogens is 1. The Hall–Kier alpha value is -4.25. The SMILES string of the molecule is CC(C)(C)OC(=O)N1CCC(N2CC[C@H](n3nc(-c4ccc(Oc5ccccc5)cc4)c4c(N)ncnc43)[C@H](F)C2)CC1. The number of fused-ring (bicyclic) bond motifs is 1. The van der Waals surface area contributed by atoms with Crippen molar-refractivity contribution in [3.63, 3.8) is 0 Å². The molecular formula is C32H38FN7O3. The van der Waals surface area contributed by atoms with Gasteiger partial charge in [0.25, 0.3) is 0 Å². The molecule has 2 saturated heterocycles. The van der Waals surface area contributed by atoms with Gasteiger partial charge in [0.1, 0.15) is 41.1 Å². The van der Waals surface area contributed by atoms with Crippen LogP contribution in [0.1, 0.15) is 46.1 Å². The van der Waals surface area contributed by atoms with E-state index in [4.69, 9.17) is 20.3 Å². The van der Waals surface area contributed by atoms with Crippen LogP contribution in [0.5, 0.6) is 11.5 Å². The van der Waals surface area contributed by atoms with Crippen molar-refractivity contribution < 1.29 is 18.7 Å². The molecule has 4 heterocycles. The van der Waals surface area contributed by atoms with Crippen LogP contribution in [0.2, 0.25) is 0 Å². The number of benzene rings is 2. The van der Waals surface area contributed by atoms with Crippen LogP contribution in [-0.2, 0) is 4.74 Å². The minimum atomic E-state index is -1.15. The highest BCUT2D eigenvalue weighted by molar-refractivity contribution is 5.98. The Kier molecular flexibility index (Phi) is 7.91. The number of carbonyl (C=O) groups excluding carboxylic acids is 1. The van der Waals surface area contributed by atoms with Crippen molar-refractivity contribution in [1.29, 1.82) is 0 Å². The molecule has 2 aliphatic heterocycles. The molecular weight excluding hydrogens is 549 g/mol. The molecule has 1 amide bonds. The predicted octanol–water partition coefficient (Wildman–Crippen LogP) is 5.85. The number of carbonyl (C=O) groups is 1. The van der Waals surface area contributed by atoms with Gasteiger partial charge in [0, 0.05) is 37.8 Å². The molecule has 2 N–H and O–H groups in total. The van der Waals surface area contributed by atoms with E-state index >= 15 is 4.39 Å². The summed E-state index contributed by atoms with van der Waals surface area (Å²) in [7, 11) is 0. The molecule has 4 aromatic rings. The molecule has 2 atom stereocenters. The van der Waals surface area contributed by atoms with Gasteiger partial charge < -0.3 is 20.1 Å². The lowest BCUT2D eigenvalue weighted by atomic mass is 9.97. The number of likely N-dealkylation sites (tertiary alicyclic amines) is 2. The molecule has 0 spiro atoms. The number of para-hydroxylation sites is 1. The van der Waals surface area contributed by atoms with E-state index < -0.39 is 17.8 Å². The molecule has 11 heteroatoms. The van der Waals surface area contributed by atoms with E-state index in [2.05, 4.69) is 14.9 Å². The fourth-order valence-corrected chi connectivity index (χ4v) is 6.00. The fourth-order valence-electron chi connectivity index (χ4n) is 6.00. The number of amides is 1. The third kappa shape index (κ3) is 6.27. The molecule has 0 bridgehead atoms. The summed E-state index contributed by atoms with van der Waals surface area (Å²) in [5.74, 6) is 1.74. The van der Waals surface area contributed by atoms with E-state index in [1.165, 1.54) is 6.33 Å². The van der Waals surface area contributed by atoms with Crippen LogP contribution in [-0.4, -0.2) is 79.6 Å². The van der Waals surface area contributed by atoms with Gasteiger partial charge in [0.05, 0.1) is 11.4 Å². The lowest BCUT2D eigenvalue weighted by molar-refractivity contribution is 0.00441. The Morgan fingerprint density at radius 2 is 1.65 bits per heavy atom. The van der Waals surface area contributed by atoms with Crippen LogP contribution in [0.15, 0.2) is 60.9 Å². The average Bonchev–Trinajstić information content (AvgIpc) is 3.38. The molecule has 0 saturated carbocycles. The molecule has 0 unspecified atom stereocenters. The van der Waals surface area contributed by atoms with Crippen LogP contribution in [0, 0.1) is 0 Å². The van der Waals surface area contributed by atoms with Gasteiger partial charge in [-0.05, 0) is 76.4 Å². The lowest BCUT2D eigenvalue weighted by Crippen LogP contribution is -2.52. The zero-order chi connectivity index (χ0) is 30.1. The Bertz CT molecular complexity index is 1560. The smallest absolute Gasteiger partial charge is 0.410 e. The molecule has 43 heavy (non-hydrogen) atoms. The molecule has 2 aromatic heterocycles. The van der Waals surface area contributed by atoms with Gasteiger partial charge in [0.2, 0.25) is 0 Å². The van der Waals surface area contributed by atoms with Gasteiger partial charge >= 0.3 is 6.09 Å². The molecule has 0 radical (unpaired) electrons. The second-order valence-electron chi connectivity index (χ2n) is 12.3. The van der Waals surface area contributed by atoms with E-state index in [1.807, 2.05) is 75.4 Å². The highest BCUT2D eigenvalue weighted by Gasteiger charge is 2.37. The largest absolute Gasteiger partial charge is 0.457 e. The molecule has 2 aliphatic rings. The van der Waals surface area contributed by atoms with Crippen molar-refractivity contribution in [3.05, 3.63) is 60.9 Å². The third-order valence-corrected chi connectivity index (χ3v) is 8.11. The first-order chi connectivity index (χ1) is 20.7. The minimum Gasteiger partial charge on any atom is -0.457 e. The summed E-state index contributed by atoms with van der Waals surface area (Å²) in [6.07, 6.45) is 2.13. The van der Waals surface area contributed by atoms with Crippen molar-refractivity contribution in [1.82, 2.24) is 29.5 Å². The van der Waals surface area contributed by atoms with Crippen LogP contribution in [0.25, 0.3) is 22.3 Å². The summed E-state index contributed by atoms with van der Waals surface area (Å²) in [6.45, 7) is 7.84. The van der Waals surface area contributed by atoms with Gasteiger partial charge in [-0.15, -0.1) is 0 Å². The average molecular weight is 588 g/mol. The maximum absolute atomic E-state index is 16.0. The van der Waals surface area contributed by atoms with Crippen molar-refractivity contribution in [2.75, 3.05) is 31.9 Å². The Balaban J connectivity index is 1.16. The number of anilines is 1. The molecule has 10 nitrogen and oxygen atoms in total. The number of nitrogens with two attached hydrogens (primary N) is 1. The predicted molar refractivity (Wildman–Crippen MR) is 163 cm³/mol. The molecule has 226 valence electrons. The summed E-state index contributed by atoms with van der Waals surface area (Å²) < 4.78 is 29.1. The van der Waals surface area contributed by atoms with E-state index in [0.717, 1.165) is 30.7 Å². The fraction of sp³-hybridized carbons (Fsp3) is 0.438. The maximum atomic E-state index is 16.0. The number of rotatable bonds is 5. The number of hydrogen-bond acceptors (Lipinski definition) is 8. The number of ether oxygens (including phenoxy) is 2. The molecule has 6 rings (SSSR count). The van der Waals surface area contributed by atoms with Crippen LogP contribution in [0.4, 0.5) is 15.0 Å². The minimum absolute atomic E-state index is 0.220. The number of nitrogen functional groups attached to an aromatic ring is 1. The van der Waals surface area contributed by atoms with Crippen LogP contribution < -0.4 is 10.5 Å². The third-order valence-electron chi connectivity index (χ3n) is 8.11. The quantitative estimate of drug-likeness (QED) is 0.309. The van der Waals surface area contributed by atoms with E-state index in [0.29, 0.717) is 54.3 Å². The summed E-state index contributed by atoms with van der Waals surface area (Å²) in [6, 6.07) is 16.9. The van der Waals surface area contributed by atoms with E-state index in [9.17, 15) is 4.79 Å². The van der Waals surface area contributed by atoms with Gasteiger partial charge in [-0.3, -0.25) is 4.90 Å². The topological polar surface area (TPSA) is 112 Å². The number of piperidine rings is 2. The van der Waals surface area contributed by atoms with Crippen LogP contribution >= 0.6 is 0 Å². The van der Waals surface area contributed by atoms with Gasteiger partial charge in [-0.2, -0.15) is 5.10 Å². The monoisotopic (exact) mass is 587 g/mol. The van der Waals surface area contributed by atoms with Crippen molar-refractivity contribution in [3.8, 4) is 22.8 Å². The Morgan fingerprint density at radius 3 is 2.33 bits per heavy atom. The molecule has 0 aliphatic carbocycles. The summed E-state index contributed by atoms with van der Waals surface area (Å²) >= 11 is 0. The lowest BCUT2D eigenvalue weighted by Gasteiger charge is -2.43. The van der Waals surface area contributed by atoms with Gasteiger partial charge in [0.15, 0.2) is 5.65 Å². The van der Waals surface area contributed by atoms with E-state index in [1.54, 1.807) is 9.58 Å². The summed E-state index contributed by atoms with van der Waals surface area (Å²) in [4.78, 5) is 25.1. The Morgan fingerprint density at radius 1 is 0.953 bits per heavy atom. The molecule has 2 aromatic carbocycles. The van der Waals surface area contributed by atoms with E-state index in [-0.39, 0.29) is 12.1 Å². The second kappa shape index (κ2) is 11.8. The summed E-state index contributed by atoms with van der Waals surface area (Å²) in [5, 5.41) is 5.50.